The van der Waals surface area contributed by atoms with Crippen molar-refractivity contribution in [3.8, 4) is 11.5 Å². The Labute approximate surface area is 150 Å². The SMILES string of the molecule is COC(=O)c1ccccc1C(=O)OCC(=O)c1ccc(OC)c(OC)c1. The first-order chi connectivity index (χ1) is 12.5. The number of ether oxygens (including phenoxy) is 4. The third-order valence-electron chi connectivity index (χ3n) is 3.59. The van der Waals surface area contributed by atoms with E-state index in [2.05, 4.69) is 4.74 Å². The molecule has 2 aromatic rings. The normalized spacial score (nSPS) is 9.96. The summed E-state index contributed by atoms with van der Waals surface area (Å²) in [4.78, 5) is 36.2. The van der Waals surface area contributed by atoms with E-state index in [-0.39, 0.29) is 11.1 Å². The highest BCUT2D eigenvalue weighted by atomic mass is 16.5. The molecule has 0 aliphatic rings. The Morgan fingerprint density at radius 1 is 0.808 bits per heavy atom. The zero-order valence-corrected chi connectivity index (χ0v) is 14.6. The Bertz CT molecular complexity index is 826. The summed E-state index contributed by atoms with van der Waals surface area (Å²) in [5.41, 5.74) is 0.398. The molecule has 0 aliphatic heterocycles. The van der Waals surface area contributed by atoms with Crippen molar-refractivity contribution in [3.63, 3.8) is 0 Å². The van der Waals surface area contributed by atoms with Crippen molar-refractivity contribution in [2.75, 3.05) is 27.9 Å². The van der Waals surface area contributed by atoms with E-state index in [0.29, 0.717) is 17.1 Å². The lowest BCUT2D eigenvalue weighted by Gasteiger charge is -2.10. The van der Waals surface area contributed by atoms with Gasteiger partial charge in [0.1, 0.15) is 0 Å². The number of benzene rings is 2. The zero-order valence-electron chi connectivity index (χ0n) is 14.6. The molecular formula is C19H18O7. The number of methoxy groups -OCH3 is 3. The van der Waals surface area contributed by atoms with Crippen LogP contribution in [0.25, 0.3) is 0 Å². The molecule has 0 amide bonds. The summed E-state index contributed by atoms with van der Waals surface area (Å²) in [6.45, 7) is -0.482. The van der Waals surface area contributed by atoms with Crippen LogP contribution in [0.15, 0.2) is 42.5 Å². The molecular weight excluding hydrogens is 340 g/mol. The van der Waals surface area contributed by atoms with Crippen molar-refractivity contribution in [1.29, 1.82) is 0 Å². The van der Waals surface area contributed by atoms with Gasteiger partial charge >= 0.3 is 11.9 Å². The van der Waals surface area contributed by atoms with Gasteiger partial charge in [0.05, 0.1) is 32.5 Å². The molecule has 0 heterocycles. The third-order valence-corrected chi connectivity index (χ3v) is 3.59. The molecule has 0 aliphatic carbocycles. The molecule has 0 atom stereocenters. The van der Waals surface area contributed by atoms with Crippen LogP contribution in [0.3, 0.4) is 0 Å². The molecule has 7 heteroatoms. The summed E-state index contributed by atoms with van der Waals surface area (Å²) in [6, 6.07) is 10.7. The number of ketones is 1. The first-order valence-electron chi connectivity index (χ1n) is 7.61. The van der Waals surface area contributed by atoms with Crippen molar-refractivity contribution in [2.24, 2.45) is 0 Å². The molecule has 136 valence electrons. The van der Waals surface area contributed by atoms with Crippen molar-refractivity contribution in [2.45, 2.75) is 0 Å². The second-order valence-corrected chi connectivity index (χ2v) is 5.11. The van der Waals surface area contributed by atoms with Crippen LogP contribution in [0, 0.1) is 0 Å². The average Bonchev–Trinajstić information content (AvgIpc) is 2.70. The Morgan fingerprint density at radius 2 is 1.42 bits per heavy atom. The molecule has 0 spiro atoms. The Balaban J connectivity index is 2.11. The molecule has 0 saturated carbocycles. The van der Waals surface area contributed by atoms with E-state index in [1.54, 1.807) is 24.3 Å². The number of Topliss-reactive ketones (excluding diaryl/α,β-unsaturated/α-hetero) is 1. The number of esters is 2. The van der Waals surface area contributed by atoms with Gasteiger partial charge in [0.15, 0.2) is 23.9 Å². The summed E-state index contributed by atoms with van der Waals surface area (Å²) >= 11 is 0. The van der Waals surface area contributed by atoms with Gasteiger partial charge in [-0.2, -0.15) is 0 Å². The van der Waals surface area contributed by atoms with Gasteiger partial charge in [-0.3, -0.25) is 4.79 Å². The highest BCUT2D eigenvalue weighted by molar-refractivity contribution is 6.04. The zero-order chi connectivity index (χ0) is 19.1. The monoisotopic (exact) mass is 358 g/mol. The first kappa shape index (κ1) is 19.0. The minimum Gasteiger partial charge on any atom is -0.493 e. The maximum atomic E-state index is 12.3. The van der Waals surface area contributed by atoms with E-state index in [1.165, 1.54) is 39.5 Å². The molecule has 0 bridgehead atoms. The quantitative estimate of drug-likeness (QED) is 0.555. The molecule has 0 fully saturated rings. The fourth-order valence-corrected chi connectivity index (χ4v) is 2.25. The molecule has 7 nitrogen and oxygen atoms in total. The fourth-order valence-electron chi connectivity index (χ4n) is 2.25. The van der Waals surface area contributed by atoms with E-state index in [9.17, 15) is 14.4 Å². The van der Waals surface area contributed by atoms with Gasteiger partial charge in [0, 0.05) is 5.56 Å². The minimum absolute atomic E-state index is 0.0273. The fraction of sp³-hybridized carbons (Fsp3) is 0.211. The van der Waals surface area contributed by atoms with Crippen LogP contribution in [-0.4, -0.2) is 45.7 Å². The average molecular weight is 358 g/mol. The highest BCUT2D eigenvalue weighted by Gasteiger charge is 2.20. The van der Waals surface area contributed by atoms with E-state index >= 15 is 0 Å². The summed E-state index contributed by atoms with van der Waals surface area (Å²) in [5.74, 6) is -1.01. The smallest absolute Gasteiger partial charge is 0.339 e. The van der Waals surface area contributed by atoms with Gasteiger partial charge in [0.2, 0.25) is 0 Å². The van der Waals surface area contributed by atoms with Gasteiger partial charge in [-0.15, -0.1) is 0 Å². The number of carbonyl (C=O) groups is 3. The Kier molecular flexibility index (Phi) is 6.32. The second-order valence-electron chi connectivity index (χ2n) is 5.11. The van der Waals surface area contributed by atoms with E-state index in [1.807, 2.05) is 0 Å². The number of hydrogen-bond acceptors (Lipinski definition) is 7. The second kappa shape index (κ2) is 8.66. The minimum atomic E-state index is -0.792. The molecule has 0 radical (unpaired) electrons. The van der Waals surface area contributed by atoms with E-state index in [0.717, 1.165) is 0 Å². The lowest BCUT2D eigenvalue weighted by molar-refractivity contribution is 0.0463. The van der Waals surface area contributed by atoms with Crippen LogP contribution in [0.4, 0.5) is 0 Å². The molecule has 2 aromatic carbocycles. The van der Waals surface area contributed by atoms with Crippen LogP contribution in [0.2, 0.25) is 0 Å². The first-order valence-corrected chi connectivity index (χ1v) is 7.61. The van der Waals surface area contributed by atoms with Crippen molar-refractivity contribution in [3.05, 3.63) is 59.2 Å². The predicted molar refractivity (Wildman–Crippen MR) is 91.9 cm³/mol. The van der Waals surface area contributed by atoms with Crippen LogP contribution >= 0.6 is 0 Å². The van der Waals surface area contributed by atoms with Crippen LogP contribution < -0.4 is 9.47 Å². The topological polar surface area (TPSA) is 88.1 Å². The Morgan fingerprint density at radius 3 is 2.00 bits per heavy atom. The van der Waals surface area contributed by atoms with Gasteiger partial charge in [-0.25, -0.2) is 9.59 Å². The molecule has 0 aromatic heterocycles. The van der Waals surface area contributed by atoms with Gasteiger partial charge < -0.3 is 18.9 Å². The van der Waals surface area contributed by atoms with Crippen LogP contribution in [-0.2, 0) is 9.47 Å². The largest absolute Gasteiger partial charge is 0.493 e. The van der Waals surface area contributed by atoms with Crippen molar-refractivity contribution < 1.29 is 33.3 Å². The van der Waals surface area contributed by atoms with E-state index in [4.69, 9.17) is 14.2 Å². The highest BCUT2D eigenvalue weighted by Crippen LogP contribution is 2.27. The van der Waals surface area contributed by atoms with E-state index < -0.39 is 24.3 Å². The summed E-state index contributed by atoms with van der Waals surface area (Å²) in [6.07, 6.45) is 0. The third kappa shape index (κ3) is 4.18. The number of carbonyl (C=O) groups excluding carboxylic acids is 3. The van der Waals surface area contributed by atoms with Gasteiger partial charge in [-0.1, -0.05) is 12.1 Å². The molecule has 0 saturated heterocycles. The summed E-state index contributed by atoms with van der Waals surface area (Å²) in [5, 5.41) is 0. The summed E-state index contributed by atoms with van der Waals surface area (Å²) in [7, 11) is 4.15. The van der Waals surface area contributed by atoms with Crippen molar-refractivity contribution >= 4 is 17.7 Å². The lowest BCUT2D eigenvalue weighted by atomic mass is 10.1. The lowest BCUT2D eigenvalue weighted by Crippen LogP contribution is -2.17. The number of hydrogen-bond donors (Lipinski definition) is 0. The van der Waals surface area contributed by atoms with Gasteiger partial charge in [0.25, 0.3) is 0 Å². The van der Waals surface area contributed by atoms with Crippen LogP contribution in [0.1, 0.15) is 31.1 Å². The predicted octanol–water partition coefficient (Wildman–Crippen LogP) is 2.53. The molecule has 0 unspecified atom stereocenters. The molecule has 2 rings (SSSR count). The van der Waals surface area contributed by atoms with Gasteiger partial charge in [-0.05, 0) is 30.3 Å². The van der Waals surface area contributed by atoms with Crippen molar-refractivity contribution in [1.82, 2.24) is 0 Å². The molecule has 26 heavy (non-hydrogen) atoms. The maximum Gasteiger partial charge on any atom is 0.339 e. The van der Waals surface area contributed by atoms with Crippen LogP contribution in [0.5, 0.6) is 11.5 Å². The number of rotatable bonds is 7. The Hall–Kier alpha value is -3.35. The molecule has 0 N–H and O–H groups in total. The standard InChI is InChI=1S/C19H18O7/c1-23-16-9-8-12(10-17(16)24-2)15(20)11-26-19(22)14-7-5-4-6-13(14)18(21)25-3/h4-10H,11H2,1-3H3. The maximum absolute atomic E-state index is 12.3. The summed E-state index contributed by atoms with van der Waals surface area (Å²) < 4.78 is 19.9.